The van der Waals surface area contributed by atoms with E-state index in [4.69, 9.17) is 27.9 Å². The van der Waals surface area contributed by atoms with Gasteiger partial charge in [-0.05, 0) is 50.6 Å². The first kappa shape index (κ1) is 17.1. The predicted octanol–water partition coefficient (Wildman–Crippen LogP) is 5.46. The molecule has 0 unspecified atom stereocenters. The molecule has 0 spiro atoms. The summed E-state index contributed by atoms with van der Waals surface area (Å²) < 4.78 is 5.83. The van der Waals surface area contributed by atoms with Gasteiger partial charge in [0.2, 0.25) is 0 Å². The predicted molar refractivity (Wildman–Crippen MR) is 93.8 cm³/mol. The zero-order valence-corrected chi connectivity index (χ0v) is 14.6. The van der Waals surface area contributed by atoms with Crippen LogP contribution in [-0.2, 0) is 13.2 Å². The number of hydrogen-bond donors (Lipinski definition) is 1. The summed E-state index contributed by atoms with van der Waals surface area (Å²) in [6.07, 6.45) is 0. The number of halogens is 2. The maximum atomic E-state index is 6.15. The van der Waals surface area contributed by atoms with Crippen LogP contribution < -0.4 is 10.1 Å². The minimum Gasteiger partial charge on any atom is -0.489 e. The largest absolute Gasteiger partial charge is 0.489 e. The average Bonchev–Trinajstić information content (AvgIpc) is 2.44. The highest BCUT2D eigenvalue weighted by Gasteiger charge is 2.09. The topological polar surface area (TPSA) is 21.3 Å². The fraction of sp³-hybridized carbons (Fsp3) is 0.333. The van der Waals surface area contributed by atoms with Crippen molar-refractivity contribution in [1.29, 1.82) is 0 Å². The first-order valence-electron chi connectivity index (χ1n) is 7.25. The third kappa shape index (κ3) is 5.20. The lowest BCUT2D eigenvalue weighted by molar-refractivity contribution is 0.306. The van der Waals surface area contributed by atoms with Gasteiger partial charge in [-0.1, -0.05) is 41.4 Å². The minimum atomic E-state index is 0.0853. The lowest BCUT2D eigenvalue weighted by Crippen LogP contribution is -2.35. The zero-order chi connectivity index (χ0) is 16.2. The lowest BCUT2D eigenvalue weighted by atomic mass is 10.1. The van der Waals surface area contributed by atoms with Crippen LogP contribution in [0, 0.1) is 0 Å². The normalized spacial score (nSPS) is 11.5. The van der Waals surface area contributed by atoms with Gasteiger partial charge in [0, 0.05) is 27.7 Å². The quantitative estimate of drug-likeness (QED) is 0.781. The van der Waals surface area contributed by atoms with Crippen molar-refractivity contribution < 1.29 is 4.74 Å². The summed E-state index contributed by atoms with van der Waals surface area (Å²) in [4.78, 5) is 0. The van der Waals surface area contributed by atoms with Crippen LogP contribution in [0.2, 0.25) is 10.0 Å². The van der Waals surface area contributed by atoms with Crippen molar-refractivity contribution >= 4 is 23.2 Å². The summed E-state index contributed by atoms with van der Waals surface area (Å²) in [5.41, 5.74) is 2.07. The van der Waals surface area contributed by atoms with Gasteiger partial charge < -0.3 is 10.1 Å². The Morgan fingerprint density at radius 1 is 1.00 bits per heavy atom. The summed E-state index contributed by atoms with van der Waals surface area (Å²) in [6, 6.07) is 13.5. The van der Waals surface area contributed by atoms with Gasteiger partial charge in [0.25, 0.3) is 0 Å². The number of benzene rings is 2. The van der Waals surface area contributed by atoms with Gasteiger partial charge in [-0.2, -0.15) is 0 Å². The Bertz CT molecular complexity index is 615. The molecule has 0 amide bonds. The Balaban J connectivity index is 2.02. The second-order valence-corrected chi connectivity index (χ2v) is 7.05. The Hall–Kier alpha value is -1.22. The van der Waals surface area contributed by atoms with Crippen molar-refractivity contribution in [3.8, 4) is 5.75 Å². The van der Waals surface area contributed by atoms with Crippen molar-refractivity contribution in [3.05, 3.63) is 63.6 Å². The van der Waals surface area contributed by atoms with Crippen LogP contribution in [-0.4, -0.2) is 5.54 Å². The molecule has 2 nitrogen and oxygen atoms in total. The summed E-state index contributed by atoms with van der Waals surface area (Å²) in [7, 11) is 0. The highest BCUT2D eigenvalue weighted by atomic mass is 35.5. The van der Waals surface area contributed by atoms with Gasteiger partial charge in [0.1, 0.15) is 12.4 Å². The Morgan fingerprint density at radius 2 is 1.64 bits per heavy atom. The smallest absolute Gasteiger partial charge is 0.120 e. The van der Waals surface area contributed by atoms with Crippen LogP contribution >= 0.6 is 23.2 Å². The molecule has 0 atom stereocenters. The van der Waals surface area contributed by atoms with Crippen molar-refractivity contribution in [2.24, 2.45) is 0 Å². The van der Waals surface area contributed by atoms with E-state index in [2.05, 4.69) is 32.2 Å². The fourth-order valence-corrected chi connectivity index (χ4v) is 2.44. The van der Waals surface area contributed by atoms with Crippen LogP contribution in [0.1, 0.15) is 31.9 Å². The molecule has 22 heavy (non-hydrogen) atoms. The molecule has 2 rings (SSSR count). The van der Waals surface area contributed by atoms with Gasteiger partial charge in [-0.3, -0.25) is 0 Å². The lowest BCUT2D eigenvalue weighted by Gasteiger charge is -2.20. The molecule has 0 heterocycles. The van der Waals surface area contributed by atoms with Crippen LogP contribution in [0.3, 0.4) is 0 Å². The van der Waals surface area contributed by atoms with Gasteiger partial charge >= 0.3 is 0 Å². The van der Waals surface area contributed by atoms with Crippen molar-refractivity contribution in [2.75, 3.05) is 0 Å². The van der Waals surface area contributed by atoms with Gasteiger partial charge in [-0.15, -0.1) is 0 Å². The molecular formula is C18H21Cl2NO. The van der Waals surface area contributed by atoms with E-state index < -0.39 is 0 Å². The Kier molecular flexibility index (Phi) is 5.74. The maximum absolute atomic E-state index is 6.15. The van der Waals surface area contributed by atoms with E-state index in [9.17, 15) is 0 Å². The average molecular weight is 338 g/mol. The zero-order valence-electron chi connectivity index (χ0n) is 13.1. The summed E-state index contributed by atoms with van der Waals surface area (Å²) in [5, 5.41) is 4.71. The molecular weight excluding hydrogens is 317 g/mol. The molecule has 1 N–H and O–H groups in total. The molecule has 0 radical (unpaired) electrons. The summed E-state index contributed by atoms with van der Waals surface area (Å²) in [6.45, 7) is 7.59. The molecule has 2 aromatic rings. The second kappa shape index (κ2) is 7.36. The monoisotopic (exact) mass is 337 g/mol. The van der Waals surface area contributed by atoms with E-state index in [1.165, 1.54) is 5.56 Å². The molecule has 2 aromatic carbocycles. The first-order valence-corrected chi connectivity index (χ1v) is 8.00. The van der Waals surface area contributed by atoms with Crippen LogP contribution in [0.5, 0.6) is 5.75 Å². The van der Waals surface area contributed by atoms with Crippen molar-refractivity contribution in [3.63, 3.8) is 0 Å². The Labute approximate surface area is 142 Å². The van der Waals surface area contributed by atoms with Gasteiger partial charge in [0.15, 0.2) is 0 Å². The van der Waals surface area contributed by atoms with E-state index in [0.717, 1.165) is 17.9 Å². The molecule has 0 aliphatic carbocycles. The van der Waals surface area contributed by atoms with Crippen LogP contribution in [0.4, 0.5) is 0 Å². The SMILES string of the molecule is CC(C)(C)NCc1cccc(OCc2c(Cl)cccc2Cl)c1. The first-order chi connectivity index (χ1) is 10.3. The molecule has 0 aromatic heterocycles. The summed E-state index contributed by atoms with van der Waals surface area (Å²) >= 11 is 12.3. The van der Waals surface area contributed by atoms with E-state index in [1.807, 2.05) is 36.4 Å². The number of nitrogens with one attached hydrogen (secondary N) is 1. The molecule has 0 aliphatic heterocycles. The van der Waals surface area contributed by atoms with Crippen LogP contribution in [0.15, 0.2) is 42.5 Å². The number of ether oxygens (including phenoxy) is 1. The molecule has 0 saturated carbocycles. The van der Waals surface area contributed by atoms with E-state index in [1.54, 1.807) is 0 Å². The third-order valence-electron chi connectivity index (χ3n) is 3.17. The highest BCUT2D eigenvalue weighted by molar-refractivity contribution is 6.35. The molecule has 118 valence electrons. The standard InChI is InChI=1S/C18H21Cl2NO/c1-18(2,3)21-11-13-6-4-7-14(10-13)22-12-15-16(19)8-5-9-17(15)20/h4-10,21H,11-12H2,1-3H3. The van der Waals surface area contributed by atoms with Crippen LogP contribution in [0.25, 0.3) is 0 Å². The summed E-state index contributed by atoms with van der Waals surface area (Å²) in [5.74, 6) is 0.809. The van der Waals surface area contributed by atoms with Gasteiger partial charge in [-0.25, -0.2) is 0 Å². The van der Waals surface area contributed by atoms with E-state index in [0.29, 0.717) is 16.7 Å². The number of hydrogen-bond acceptors (Lipinski definition) is 2. The van der Waals surface area contributed by atoms with Gasteiger partial charge in [0.05, 0.1) is 0 Å². The highest BCUT2D eigenvalue weighted by Crippen LogP contribution is 2.26. The molecule has 0 bridgehead atoms. The van der Waals surface area contributed by atoms with Crippen molar-refractivity contribution in [1.82, 2.24) is 5.32 Å². The molecule has 4 heteroatoms. The maximum Gasteiger partial charge on any atom is 0.120 e. The molecule has 0 fully saturated rings. The van der Waals surface area contributed by atoms with E-state index in [-0.39, 0.29) is 5.54 Å². The third-order valence-corrected chi connectivity index (χ3v) is 3.87. The Morgan fingerprint density at radius 3 is 2.27 bits per heavy atom. The minimum absolute atomic E-state index is 0.0853. The molecule has 0 saturated heterocycles. The molecule has 0 aliphatic rings. The van der Waals surface area contributed by atoms with E-state index >= 15 is 0 Å². The fourth-order valence-electron chi connectivity index (χ4n) is 1.94. The van der Waals surface area contributed by atoms with Crippen molar-refractivity contribution in [2.45, 2.75) is 39.5 Å². The number of rotatable bonds is 5. The second-order valence-electron chi connectivity index (χ2n) is 6.24.